The van der Waals surface area contributed by atoms with Gasteiger partial charge in [0.05, 0.1) is 4.90 Å². The molecule has 2 heterocycles. The van der Waals surface area contributed by atoms with Crippen molar-refractivity contribution in [1.82, 2.24) is 14.6 Å². The minimum Gasteiger partial charge on any atom is -0.351 e. The van der Waals surface area contributed by atoms with Gasteiger partial charge < -0.3 is 5.32 Å². The molecule has 1 atom stereocenters. The maximum atomic E-state index is 12.8. The fourth-order valence-corrected chi connectivity index (χ4v) is 4.62. The number of sulfonamides is 1. The lowest BCUT2D eigenvalue weighted by Crippen LogP contribution is -2.45. The van der Waals surface area contributed by atoms with Gasteiger partial charge in [-0.3, -0.25) is 9.78 Å². The Balaban J connectivity index is 1.73. The van der Waals surface area contributed by atoms with Crippen molar-refractivity contribution < 1.29 is 13.2 Å². The van der Waals surface area contributed by atoms with E-state index in [9.17, 15) is 13.2 Å². The summed E-state index contributed by atoms with van der Waals surface area (Å²) in [6.45, 7) is 0.647. The lowest BCUT2D eigenvalue weighted by molar-refractivity contribution is -0.124. The van der Waals surface area contributed by atoms with E-state index in [1.54, 1.807) is 18.5 Å². The van der Waals surface area contributed by atoms with Crippen LogP contribution in [0.1, 0.15) is 18.4 Å². The highest BCUT2D eigenvalue weighted by atomic mass is 35.5. The number of rotatable bonds is 5. The number of nitrogens with zero attached hydrogens (tertiary/aromatic N) is 2. The topological polar surface area (TPSA) is 79.4 Å². The number of nitrogens with one attached hydrogen (secondary N) is 1. The summed E-state index contributed by atoms with van der Waals surface area (Å²) in [4.78, 5) is 16.6. The summed E-state index contributed by atoms with van der Waals surface area (Å²) in [5.74, 6) is -0.293. The highest BCUT2D eigenvalue weighted by molar-refractivity contribution is 7.89. The van der Waals surface area contributed by atoms with Gasteiger partial charge in [-0.1, -0.05) is 17.7 Å². The molecule has 2 aromatic rings. The summed E-state index contributed by atoms with van der Waals surface area (Å²) in [7, 11) is -3.73. The molecular weight excluding hydrogens is 362 g/mol. The van der Waals surface area contributed by atoms with Crippen LogP contribution in [-0.4, -0.2) is 36.2 Å². The van der Waals surface area contributed by atoms with E-state index in [4.69, 9.17) is 11.6 Å². The molecule has 0 saturated carbocycles. The van der Waals surface area contributed by atoms with Crippen LogP contribution in [0.3, 0.4) is 0 Å². The van der Waals surface area contributed by atoms with E-state index in [2.05, 4.69) is 10.3 Å². The van der Waals surface area contributed by atoms with Gasteiger partial charge in [0.2, 0.25) is 15.9 Å². The van der Waals surface area contributed by atoms with E-state index in [0.717, 1.165) is 5.56 Å². The van der Waals surface area contributed by atoms with E-state index >= 15 is 0 Å². The smallest absolute Gasteiger partial charge is 0.243 e. The molecule has 0 aliphatic carbocycles. The predicted octanol–water partition coefficient (Wildman–Crippen LogP) is 2.20. The molecule has 8 heteroatoms. The maximum absolute atomic E-state index is 12.8. The molecule has 1 saturated heterocycles. The van der Waals surface area contributed by atoms with Gasteiger partial charge in [-0.25, -0.2) is 8.42 Å². The third kappa shape index (κ3) is 4.00. The Kier molecular flexibility index (Phi) is 5.36. The third-order valence-corrected chi connectivity index (χ3v) is 6.29. The number of pyridine rings is 1. The quantitative estimate of drug-likeness (QED) is 0.863. The Labute approximate surface area is 151 Å². The molecule has 6 nitrogen and oxygen atoms in total. The second-order valence-corrected chi connectivity index (χ2v) is 8.13. The van der Waals surface area contributed by atoms with Crippen LogP contribution in [0, 0.1) is 0 Å². The van der Waals surface area contributed by atoms with Crippen molar-refractivity contribution in [1.29, 1.82) is 0 Å². The van der Waals surface area contributed by atoms with Crippen molar-refractivity contribution in [2.45, 2.75) is 30.3 Å². The zero-order chi connectivity index (χ0) is 17.9. The van der Waals surface area contributed by atoms with Crippen molar-refractivity contribution >= 4 is 27.5 Å². The molecule has 25 heavy (non-hydrogen) atoms. The number of carbonyl (C=O) groups excluding carboxylic acids is 1. The Bertz CT molecular complexity index is 841. The molecular formula is C17H18ClN3O3S. The van der Waals surface area contributed by atoms with Crippen molar-refractivity contribution in [3.63, 3.8) is 0 Å². The summed E-state index contributed by atoms with van der Waals surface area (Å²) >= 11 is 5.82. The first-order valence-electron chi connectivity index (χ1n) is 7.92. The Hall–Kier alpha value is -1.96. The van der Waals surface area contributed by atoms with Crippen molar-refractivity contribution in [2.24, 2.45) is 0 Å². The summed E-state index contributed by atoms with van der Waals surface area (Å²) in [5, 5.41) is 3.26. The summed E-state index contributed by atoms with van der Waals surface area (Å²) in [6.07, 6.45) is 4.48. The van der Waals surface area contributed by atoms with Gasteiger partial charge >= 0.3 is 0 Å². The average molecular weight is 380 g/mol. The summed E-state index contributed by atoms with van der Waals surface area (Å²) in [5.41, 5.74) is 0.862. The highest BCUT2D eigenvalue weighted by Gasteiger charge is 2.39. The molecule has 1 aliphatic heterocycles. The molecule has 0 unspecified atom stereocenters. The number of benzene rings is 1. The molecule has 0 bridgehead atoms. The fraction of sp³-hybridized carbons (Fsp3) is 0.294. The first-order chi connectivity index (χ1) is 12.0. The summed E-state index contributed by atoms with van der Waals surface area (Å²) < 4.78 is 26.9. The minimum absolute atomic E-state index is 0.142. The van der Waals surface area contributed by atoms with Crippen molar-refractivity contribution in [3.05, 3.63) is 59.4 Å². The molecule has 1 fully saturated rings. The van der Waals surface area contributed by atoms with Gasteiger partial charge in [-0.05, 0) is 48.7 Å². The minimum atomic E-state index is -3.73. The lowest BCUT2D eigenvalue weighted by Gasteiger charge is -2.23. The Morgan fingerprint density at radius 2 is 2.04 bits per heavy atom. The largest absolute Gasteiger partial charge is 0.351 e. The second kappa shape index (κ2) is 7.51. The van der Waals surface area contributed by atoms with E-state index in [0.29, 0.717) is 31.0 Å². The zero-order valence-electron chi connectivity index (χ0n) is 13.4. The lowest BCUT2D eigenvalue weighted by atomic mass is 10.2. The van der Waals surface area contributed by atoms with Gasteiger partial charge in [-0.2, -0.15) is 4.31 Å². The first kappa shape index (κ1) is 17.8. The van der Waals surface area contributed by atoms with Crippen molar-refractivity contribution in [2.75, 3.05) is 6.54 Å². The van der Waals surface area contributed by atoms with Crippen LogP contribution in [0.5, 0.6) is 0 Å². The third-order valence-electron chi connectivity index (χ3n) is 4.12. The number of aromatic nitrogens is 1. The highest BCUT2D eigenvalue weighted by Crippen LogP contribution is 2.27. The molecule has 1 aliphatic rings. The SMILES string of the molecule is O=C(NCc1cccnc1)[C@@H]1CCCN1S(=O)(=O)c1ccc(Cl)cc1. The molecule has 1 N–H and O–H groups in total. The van der Waals surface area contributed by atoms with Gasteiger partial charge in [0, 0.05) is 30.5 Å². The van der Waals surface area contributed by atoms with Crippen LogP contribution in [-0.2, 0) is 21.4 Å². The fourth-order valence-electron chi connectivity index (χ4n) is 2.84. The number of halogens is 1. The Morgan fingerprint density at radius 1 is 1.28 bits per heavy atom. The number of amides is 1. The van der Waals surface area contributed by atoms with Crippen LogP contribution in [0.25, 0.3) is 0 Å². The van der Waals surface area contributed by atoms with Gasteiger partial charge in [0.25, 0.3) is 0 Å². The molecule has 132 valence electrons. The maximum Gasteiger partial charge on any atom is 0.243 e. The molecule has 3 rings (SSSR count). The van der Waals surface area contributed by atoms with Crippen molar-refractivity contribution in [3.8, 4) is 0 Å². The zero-order valence-corrected chi connectivity index (χ0v) is 15.0. The average Bonchev–Trinajstić information content (AvgIpc) is 3.12. The van der Waals surface area contributed by atoms with Crippen LogP contribution in [0.4, 0.5) is 0 Å². The van der Waals surface area contributed by atoms with Crippen LogP contribution >= 0.6 is 11.6 Å². The van der Waals surface area contributed by atoms with Gasteiger partial charge in [0.15, 0.2) is 0 Å². The second-order valence-electron chi connectivity index (χ2n) is 5.81. The first-order valence-corrected chi connectivity index (χ1v) is 9.74. The summed E-state index contributed by atoms with van der Waals surface area (Å²) in [6, 6.07) is 8.92. The molecule has 1 amide bonds. The molecule has 1 aromatic heterocycles. The van der Waals surface area contributed by atoms with E-state index in [1.165, 1.54) is 28.6 Å². The van der Waals surface area contributed by atoms with E-state index in [-0.39, 0.29) is 10.8 Å². The van der Waals surface area contributed by atoms with Gasteiger partial charge in [-0.15, -0.1) is 0 Å². The molecule has 0 radical (unpaired) electrons. The number of hydrogen-bond acceptors (Lipinski definition) is 4. The van der Waals surface area contributed by atoms with E-state index in [1.807, 2.05) is 6.07 Å². The van der Waals surface area contributed by atoms with Crippen LogP contribution in [0.15, 0.2) is 53.7 Å². The molecule has 0 spiro atoms. The van der Waals surface area contributed by atoms with E-state index < -0.39 is 16.1 Å². The standard InChI is InChI=1S/C17H18ClN3O3S/c18-14-5-7-15(8-6-14)25(23,24)21-10-2-4-16(21)17(22)20-12-13-3-1-9-19-11-13/h1,3,5-9,11,16H,2,4,10,12H2,(H,20,22)/t16-/m0/s1. The monoisotopic (exact) mass is 379 g/mol. The predicted molar refractivity (Wildman–Crippen MR) is 94.4 cm³/mol. The number of hydrogen-bond donors (Lipinski definition) is 1. The van der Waals surface area contributed by atoms with Crippen LogP contribution in [0.2, 0.25) is 5.02 Å². The Morgan fingerprint density at radius 3 is 2.72 bits per heavy atom. The van der Waals surface area contributed by atoms with Gasteiger partial charge in [0.1, 0.15) is 6.04 Å². The number of carbonyl (C=O) groups is 1. The van der Waals surface area contributed by atoms with Crippen LogP contribution < -0.4 is 5.32 Å². The molecule has 1 aromatic carbocycles. The normalized spacial score (nSPS) is 18.2.